The molecule has 1 aromatic rings. The molecule has 0 aliphatic rings. The maximum atomic E-state index is 8.71. The number of hydrogen-bond donors (Lipinski definition) is 1. The molecule has 1 N–H and O–H groups in total. The topological polar surface area (TPSA) is 33.1 Å². The normalized spacial score (nSPS) is 13.4. The fourth-order valence-electron chi connectivity index (χ4n) is 0.716. The van der Waals surface area contributed by atoms with E-state index in [1.165, 1.54) is 0 Å². The first-order valence-corrected chi connectivity index (χ1v) is 4.20. The van der Waals surface area contributed by atoms with Crippen molar-refractivity contribution in [2.45, 2.75) is 13.3 Å². The zero-order valence-electron chi connectivity index (χ0n) is 5.95. The third kappa shape index (κ3) is 2.08. The van der Waals surface area contributed by atoms with Crippen LogP contribution in [-0.4, -0.2) is 16.7 Å². The van der Waals surface area contributed by atoms with Gasteiger partial charge in [-0.1, -0.05) is 6.92 Å². The minimum Gasteiger partial charge on any atom is -0.396 e. The number of nitrogens with zero attached hydrogens (tertiary/aromatic N) is 1. The lowest BCUT2D eigenvalue weighted by molar-refractivity contribution is 0.237. The first-order chi connectivity index (χ1) is 4.83. The zero-order chi connectivity index (χ0) is 7.40. The molecular formula is C7H11NOS. The van der Waals surface area contributed by atoms with Crippen LogP contribution in [0.3, 0.4) is 0 Å². The largest absolute Gasteiger partial charge is 0.396 e. The van der Waals surface area contributed by atoms with Crippen molar-refractivity contribution < 1.29 is 5.11 Å². The van der Waals surface area contributed by atoms with E-state index < -0.39 is 0 Å². The number of aliphatic hydroxyl groups is 1. The second-order valence-electron chi connectivity index (χ2n) is 2.42. The number of aromatic nitrogens is 1. The smallest absolute Gasteiger partial charge is 0.0928 e. The molecule has 0 saturated heterocycles. The van der Waals surface area contributed by atoms with Crippen LogP contribution in [0.2, 0.25) is 0 Å². The first-order valence-electron chi connectivity index (χ1n) is 3.32. The summed E-state index contributed by atoms with van der Waals surface area (Å²) in [7, 11) is 0. The van der Waals surface area contributed by atoms with E-state index in [9.17, 15) is 0 Å². The second kappa shape index (κ2) is 3.68. The summed E-state index contributed by atoms with van der Waals surface area (Å²) >= 11 is 1.64. The van der Waals surface area contributed by atoms with E-state index in [0.29, 0.717) is 5.92 Å². The molecule has 0 saturated carbocycles. The lowest BCUT2D eigenvalue weighted by Gasteiger charge is -2.02. The van der Waals surface area contributed by atoms with Gasteiger partial charge in [-0.25, -0.2) is 4.98 Å². The minimum absolute atomic E-state index is 0.250. The van der Waals surface area contributed by atoms with Crippen molar-refractivity contribution in [1.82, 2.24) is 4.98 Å². The van der Waals surface area contributed by atoms with Gasteiger partial charge < -0.3 is 5.11 Å². The molecule has 1 rings (SSSR count). The molecule has 0 aliphatic heterocycles. The van der Waals surface area contributed by atoms with Crippen molar-refractivity contribution >= 4 is 11.3 Å². The number of aliphatic hydroxyl groups excluding tert-OH is 1. The van der Waals surface area contributed by atoms with Gasteiger partial charge in [0.2, 0.25) is 0 Å². The van der Waals surface area contributed by atoms with Crippen molar-refractivity contribution in [3.63, 3.8) is 0 Å². The average molecular weight is 157 g/mol. The lowest BCUT2D eigenvalue weighted by Crippen LogP contribution is -2.03. The Morgan fingerprint density at radius 2 is 2.60 bits per heavy atom. The van der Waals surface area contributed by atoms with Gasteiger partial charge in [-0.2, -0.15) is 0 Å². The highest BCUT2D eigenvalue weighted by atomic mass is 32.1. The van der Waals surface area contributed by atoms with Gasteiger partial charge in [0.05, 0.1) is 5.01 Å². The Morgan fingerprint density at radius 3 is 3.10 bits per heavy atom. The van der Waals surface area contributed by atoms with Crippen LogP contribution in [-0.2, 0) is 6.42 Å². The summed E-state index contributed by atoms with van der Waals surface area (Å²) < 4.78 is 0. The van der Waals surface area contributed by atoms with Crippen molar-refractivity contribution in [3.8, 4) is 0 Å². The number of rotatable bonds is 3. The summed E-state index contributed by atoms with van der Waals surface area (Å²) in [6, 6.07) is 0. The third-order valence-electron chi connectivity index (χ3n) is 1.32. The van der Waals surface area contributed by atoms with Crippen LogP contribution in [0.4, 0.5) is 0 Å². The third-order valence-corrected chi connectivity index (χ3v) is 2.12. The van der Waals surface area contributed by atoms with E-state index in [-0.39, 0.29) is 6.61 Å². The van der Waals surface area contributed by atoms with Crippen LogP contribution < -0.4 is 0 Å². The molecule has 1 atom stereocenters. The Kier molecular flexibility index (Phi) is 2.83. The molecule has 0 amide bonds. The second-order valence-corrected chi connectivity index (χ2v) is 3.40. The molecule has 0 radical (unpaired) electrons. The van der Waals surface area contributed by atoms with Crippen molar-refractivity contribution in [2.24, 2.45) is 5.92 Å². The van der Waals surface area contributed by atoms with E-state index in [1.54, 1.807) is 17.5 Å². The maximum absolute atomic E-state index is 8.71. The van der Waals surface area contributed by atoms with Crippen LogP contribution in [0.15, 0.2) is 11.6 Å². The van der Waals surface area contributed by atoms with Crippen LogP contribution in [0.1, 0.15) is 11.9 Å². The standard InChI is InChI=1S/C7H11NOS/c1-6(5-9)4-7-8-2-3-10-7/h2-3,6,9H,4-5H2,1H3. The number of thiazole rings is 1. The van der Waals surface area contributed by atoms with Crippen LogP contribution in [0, 0.1) is 5.92 Å². The molecule has 0 aromatic carbocycles. The van der Waals surface area contributed by atoms with E-state index in [1.807, 2.05) is 12.3 Å². The molecule has 0 bridgehead atoms. The monoisotopic (exact) mass is 157 g/mol. The highest BCUT2D eigenvalue weighted by Crippen LogP contribution is 2.09. The highest BCUT2D eigenvalue weighted by Gasteiger charge is 2.02. The molecule has 3 heteroatoms. The molecule has 10 heavy (non-hydrogen) atoms. The van der Waals surface area contributed by atoms with Crippen molar-refractivity contribution in [2.75, 3.05) is 6.61 Å². The SMILES string of the molecule is CC(CO)Cc1nccs1. The Morgan fingerprint density at radius 1 is 1.80 bits per heavy atom. The summed E-state index contributed by atoms with van der Waals surface area (Å²) in [6.45, 7) is 2.26. The van der Waals surface area contributed by atoms with Crippen LogP contribution in [0.5, 0.6) is 0 Å². The quantitative estimate of drug-likeness (QED) is 0.717. The van der Waals surface area contributed by atoms with E-state index >= 15 is 0 Å². The summed E-state index contributed by atoms with van der Waals surface area (Å²) in [4.78, 5) is 4.11. The predicted octanol–water partition coefficient (Wildman–Crippen LogP) is 1.31. The van der Waals surface area contributed by atoms with Crippen LogP contribution >= 0.6 is 11.3 Å². The van der Waals surface area contributed by atoms with Gasteiger partial charge in [0.15, 0.2) is 0 Å². The van der Waals surface area contributed by atoms with Gasteiger partial charge in [0.1, 0.15) is 0 Å². The zero-order valence-corrected chi connectivity index (χ0v) is 6.77. The van der Waals surface area contributed by atoms with Gasteiger partial charge in [0, 0.05) is 24.6 Å². The molecule has 1 heterocycles. The minimum atomic E-state index is 0.250. The molecular weight excluding hydrogens is 146 g/mol. The van der Waals surface area contributed by atoms with Gasteiger partial charge in [-0.15, -0.1) is 11.3 Å². The summed E-state index contributed by atoms with van der Waals surface area (Å²) in [6.07, 6.45) is 2.69. The lowest BCUT2D eigenvalue weighted by atomic mass is 10.1. The van der Waals surface area contributed by atoms with E-state index in [2.05, 4.69) is 4.98 Å². The molecule has 0 aliphatic carbocycles. The van der Waals surface area contributed by atoms with E-state index in [0.717, 1.165) is 11.4 Å². The molecule has 56 valence electrons. The van der Waals surface area contributed by atoms with Gasteiger partial charge in [-0.3, -0.25) is 0 Å². The summed E-state index contributed by atoms with van der Waals surface area (Å²) in [5.74, 6) is 0.339. The Hall–Kier alpha value is -0.410. The Balaban J connectivity index is 2.40. The van der Waals surface area contributed by atoms with Gasteiger partial charge >= 0.3 is 0 Å². The highest BCUT2D eigenvalue weighted by molar-refractivity contribution is 7.09. The fraction of sp³-hybridized carbons (Fsp3) is 0.571. The Bertz CT molecular complexity index is 174. The molecule has 1 unspecified atom stereocenters. The van der Waals surface area contributed by atoms with Crippen molar-refractivity contribution in [1.29, 1.82) is 0 Å². The molecule has 0 spiro atoms. The first kappa shape index (κ1) is 7.69. The molecule has 2 nitrogen and oxygen atoms in total. The Labute approximate surface area is 64.5 Å². The molecule has 0 fully saturated rings. The maximum Gasteiger partial charge on any atom is 0.0928 e. The fourth-order valence-corrected chi connectivity index (χ4v) is 1.50. The number of hydrogen-bond acceptors (Lipinski definition) is 3. The van der Waals surface area contributed by atoms with Gasteiger partial charge in [0.25, 0.3) is 0 Å². The van der Waals surface area contributed by atoms with Crippen molar-refractivity contribution in [3.05, 3.63) is 16.6 Å². The predicted molar refractivity (Wildman–Crippen MR) is 42.1 cm³/mol. The summed E-state index contributed by atoms with van der Waals surface area (Å²) in [5.41, 5.74) is 0. The van der Waals surface area contributed by atoms with Crippen LogP contribution in [0.25, 0.3) is 0 Å². The average Bonchev–Trinajstić information content (AvgIpc) is 2.40. The van der Waals surface area contributed by atoms with E-state index in [4.69, 9.17) is 5.11 Å². The van der Waals surface area contributed by atoms with Gasteiger partial charge in [-0.05, 0) is 5.92 Å². The molecule has 1 aromatic heterocycles. The summed E-state index contributed by atoms with van der Waals surface area (Å²) in [5, 5.41) is 11.8.